The molecule has 3 aromatic rings. The van der Waals surface area contributed by atoms with Crippen LogP contribution in [-0.2, 0) is 16.1 Å². The third-order valence-electron chi connectivity index (χ3n) is 4.48. The van der Waals surface area contributed by atoms with Crippen LogP contribution in [0.1, 0.15) is 21.9 Å². The SMILES string of the molecule is O=C1CC(N(Cc2ccco2)C(=O)c2cccs2)C(=O)N1c1ccc(Br)cc1. The van der Waals surface area contributed by atoms with E-state index >= 15 is 0 Å². The molecule has 8 heteroatoms. The maximum Gasteiger partial charge on any atom is 0.265 e. The smallest absolute Gasteiger partial charge is 0.265 e. The van der Waals surface area contributed by atoms with E-state index in [0.717, 1.165) is 9.37 Å². The van der Waals surface area contributed by atoms with Crippen LogP contribution in [0.2, 0.25) is 0 Å². The van der Waals surface area contributed by atoms with Crippen molar-refractivity contribution in [3.8, 4) is 0 Å². The highest BCUT2D eigenvalue weighted by Gasteiger charge is 2.44. The third kappa shape index (κ3) is 3.53. The summed E-state index contributed by atoms with van der Waals surface area (Å²) in [5.41, 5.74) is 0.488. The molecule has 1 unspecified atom stereocenters. The van der Waals surface area contributed by atoms with Crippen molar-refractivity contribution >= 4 is 50.7 Å². The number of nitrogens with zero attached hydrogens (tertiary/aromatic N) is 2. The Morgan fingerprint density at radius 2 is 1.96 bits per heavy atom. The molecule has 2 aromatic heterocycles. The molecule has 3 heterocycles. The average molecular weight is 459 g/mol. The van der Waals surface area contributed by atoms with Gasteiger partial charge in [-0.1, -0.05) is 22.0 Å². The van der Waals surface area contributed by atoms with Crippen molar-refractivity contribution in [1.29, 1.82) is 0 Å². The van der Waals surface area contributed by atoms with Crippen LogP contribution < -0.4 is 4.90 Å². The van der Waals surface area contributed by atoms with Gasteiger partial charge in [0.1, 0.15) is 11.8 Å². The highest BCUT2D eigenvalue weighted by molar-refractivity contribution is 9.10. The van der Waals surface area contributed by atoms with Crippen LogP contribution in [0.4, 0.5) is 5.69 Å². The number of amides is 3. The first kappa shape index (κ1) is 18.6. The van der Waals surface area contributed by atoms with Gasteiger partial charge in [0.2, 0.25) is 5.91 Å². The number of carbonyl (C=O) groups is 3. The van der Waals surface area contributed by atoms with Crippen molar-refractivity contribution in [2.75, 3.05) is 4.90 Å². The fourth-order valence-corrected chi connectivity index (χ4v) is 4.10. The number of hydrogen-bond donors (Lipinski definition) is 0. The minimum absolute atomic E-state index is 0.0628. The number of anilines is 1. The Bertz CT molecular complexity index is 1000. The van der Waals surface area contributed by atoms with Crippen molar-refractivity contribution < 1.29 is 18.8 Å². The lowest BCUT2D eigenvalue weighted by Crippen LogP contribution is -2.44. The second-order valence-corrected chi connectivity index (χ2v) is 8.12. The van der Waals surface area contributed by atoms with Crippen molar-refractivity contribution in [1.82, 2.24) is 4.90 Å². The Kier molecular flexibility index (Phi) is 5.15. The molecule has 6 nitrogen and oxygen atoms in total. The van der Waals surface area contributed by atoms with Gasteiger partial charge in [0.05, 0.1) is 29.8 Å². The van der Waals surface area contributed by atoms with Crippen LogP contribution in [0.25, 0.3) is 0 Å². The van der Waals surface area contributed by atoms with Gasteiger partial charge < -0.3 is 9.32 Å². The van der Waals surface area contributed by atoms with Gasteiger partial charge >= 0.3 is 0 Å². The van der Waals surface area contributed by atoms with E-state index in [2.05, 4.69) is 15.9 Å². The minimum Gasteiger partial charge on any atom is -0.467 e. The Labute approximate surface area is 173 Å². The lowest BCUT2D eigenvalue weighted by atomic mass is 10.2. The standard InChI is InChI=1S/C20H15BrN2O4S/c21-13-5-7-14(8-6-13)23-18(24)11-16(19(23)25)22(12-15-3-1-9-27-15)20(26)17-4-2-10-28-17/h1-10,16H,11-12H2. The molecule has 1 aliphatic heterocycles. The lowest BCUT2D eigenvalue weighted by molar-refractivity contribution is -0.122. The van der Waals surface area contributed by atoms with E-state index in [1.807, 2.05) is 0 Å². The minimum atomic E-state index is -0.879. The first-order chi connectivity index (χ1) is 13.5. The summed E-state index contributed by atoms with van der Waals surface area (Å²) >= 11 is 4.64. The molecule has 0 aliphatic carbocycles. The van der Waals surface area contributed by atoms with E-state index in [9.17, 15) is 14.4 Å². The summed E-state index contributed by atoms with van der Waals surface area (Å²) in [6, 6.07) is 13.0. The van der Waals surface area contributed by atoms with Crippen molar-refractivity contribution in [2.24, 2.45) is 0 Å². The maximum atomic E-state index is 13.1. The molecule has 1 fully saturated rings. The highest BCUT2D eigenvalue weighted by Crippen LogP contribution is 2.29. The van der Waals surface area contributed by atoms with Gasteiger partial charge in [-0.2, -0.15) is 0 Å². The van der Waals surface area contributed by atoms with Gasteiger partial charge in [0, 0.05) is 4.47 Å². The molecule has 142 valence electrons. The van der Waals surface area contributed by atoms with Crippen LogP contribution in [0, 0.1) is 0 Å². The number of rotatable bonds is 5. The van der Waals surface area contributed by atoms with E-state index in [-0.39, 0.29) is 24.8 Å². The van der Waals surface area contributed by atoms with Crippen molar-refractivity contribution in [3.05, 3.63) is 75.3 Å². The molecular weight excluding hydrogens is 444 g/mol. The summed E-state index contributed by atoms with van der Waals surface area (Å²) in [5.74, 6) is -0.494. The molecule has 28 heavy (non-hydrogen) atoms. The van der Waals surface area contributed by atoms with Crippen molar-refractivity contribution in [3.63, 3.8) is 0 Å². The monoisotopic (exact) mass is 458 g/mol. The number of hydrogen-bond acceptors (Lipinski definition) is 5. The van der Waals surface area contributed by atoms with Gasteiger partial charge in [-0.15, -0.1) is 11.3 Å². The number of halogens is 1. The number of furan rings is 1. The molecule has 3 amide bonds. The van der Waals surface area contributed by atoms with Gasteiger partial charge in [-0.05, 0) is 47.8 Å². The Hall–Kier alpha value is -2.71. The molecule has 1 aliphatic rings. The van der Waals surface area contributed by atoms with Crippen LogP contribution in [-0.4, -0.2) is 28.7 Å². The van der Waals surface area contributed by atoms with E-state index in [0.29, 0.717) is 16.3 Å². The number of carbonyl (C=O) groups excluding carboxylic acids is 3. The zero-order chi connectivity index (χ0) is 19.7. The third-order valence-corrected chi connectivity index (χ3v) is 5.87. The molecular formula is C20H15BrN2O4S. The first-order valence-corrected chi connectivity index (χ1v) is 10.2. The normalized spacial score (nSPS) is 16.6. The van der Waals surface area contributed by atoms with E-state index < -0.39 is 11.9 Å². The lowest BCUT2D eigenvalue weighted by Gasteiger charge is -2.26. The summed E-state index contributed by atoms with van der Waals surface area (Å²) in [5, 5.41) is 1.80. The summed E-state index contributed by atoms with van der Waals surface area (Å²) in [6.07, 6.45) is 1.45. The summed E-state index contributed by atoms with van der Waals surface area (Å²) in [4.78, 5) is 41.9. The molecule has 0 radical (unpaired) electrons. The number of benzene rings is 1. The quantitative estimate of drug-likeness (QED) is 0.540. The van der Waals surface area contributed by atoms with Crippen molar-refractivity contribution in [2.45, 2.75) is 19.0 Å². The van der Waals surface area contributed by atoms with Crippen LogP contribution in [0.3, 0.4) is 0 Å². The zero-order valence-corrected chi connectivity index (χ0v) is 17.0. The maximum absolute atomic E-state index is 13.1. The Balaban J connectivity index is 1.66. The van der Waals surface area contributed by atoms with Gasteiger partial charge in [-0.25, -0.2) is 4.90 Å². The first-order valence-electron chi connectivity index (χ1n) is 8.54. The molecule has 1 aromatic carbocycles. The topological polar surface area (TPSA) is 70.8 Å². The average Bonchev–Trinajstić information content (AvgIpc) is 3.43. The van der Waals surface area contributed by atoms with Gasteiger partial charge in [0.15, 0.2) is 0 Å². The molecule has 0 N–H and O–H groups in total. The summed E-state index contributed by atoms with van der Waals surface area (Å²) in [6.45, 7) is 0.113. The second kappa shape index (κ2) is 7.73. The van der Waals surface area contributed by atoms with Crippen LogP contribution >= 0.6 is 27.3 Å². The van der Waals surface area contributed by atoms with Gasteiger partial charge in [-0.3, -0.25) is 14.4 Å². The van der Waals surface area contributed by atoms with Crippen LogP contribution in [0.5, 0.6) is 0 Å². The van der Waals surface area contributed by atoms with Crippen LogP contribution in [0.15, 0.2) is 69.1 Å². The predicted molar refractivity (Wildman–Crippen MR) is 108 cm³/mol. The molecule has 0 saturated carbocycles. The fourth-order valence-electron chi connectivity index (χ4n) is 3.16. The van der Waals surface area contributed by atoms with Gasteiger partial charge in [0.25, 0.3) is 11.8 Å². The number of thiophene rings is 1. The van der Waals surface area contributed by atoms with E-state index in [1.165, 1.54) is 22.5 Å². The largest absolute Gasteiger partial charge is 0.467 e. The van der Waals surface area contributed by atoms with E-state index in [4.69, 9.17) is 4.42 Å². The Morgan fingerprint density at radius 1 is 1.18 bits per heavy atom. The zero-order valence-electron chi connectivity index (χ0n) is 14.6. The molecule has 0 spiro atoms. The highest BCUT2D eigenvalue weighted by atomic mass is 79.9. The predicted octanol–water partition coefficient (Wildman–Crippen LogP) is 4.08. The fraction of sp³-hybridized carbons (Fsp3) is 0.150. The number of imide groups is 1. The summed E-state index contributed by atoms with van der Waals surface area (Å²) in [7, 11) is 0. The molecule has 1 saturated heterocycles. The molecule has 4 rings (SSSR count). The second-order valence-electron chi connectivity index (χ2n) is 6.25. The molecule has 1 atom stereocenters. The van der Waals surface area contributed by atoms with E-state index in [1.54, 1.807) is 53.9 Å². The summed E-state index contributed by atoms with van der Waals surface area (Å²) < 4.78 is 6.22. The Morgan fingerprint density at radius 3 is 2.61 bits per heavy atom. The molecule has 0 bridgehead atoms.